The molecule has 0 saturated heterocycles. The van der Waals surface area contributed by atoms with Gasteiger partial charge in [0, 0.05) is 0 Å². The summed E-state index contributed by atoms with van der Waals surface area (Å²) in [5, 5.41) is 8.67. The molecule has 0 radical (unpaired) electrons. The molecule has 1 aromatic heterocycles. The molecule has 0 spiro atoms. The smallest absolute Gasteiger partial charge is 0.280 e. The van der Waals surface area contributed by atoms with Crippen LogP contribution in [0.15, 0.2) is 16.7 Å². The van der Waals surface area contributed by atoms with E-state index in [1.807, 2.05) is 0 Å². The summed E-state index contributed by atoms with van der Waals surface area (Å²) in [6, 6.07) is 2.67. The van der Waals surface area contributed by atoms with E-state index < -0.39 is 6.43 Å². The number of nitrogens with zero attached hydrogens (tertiary/aromatic N) is 1. The molecule has 1 rings (SSSR count). The summed E-state index contributed by atoms with van der Waals surface area (Å²) in [7, 11) is 0. The number of aliphatic hydroxyl groups excluding tert-OH is 1. The summed E-state index contributed by atoms with van der Waals surface area (Å²) in [6.45, 7) is -0.263. The van der Waals surface area contributed by atoms with Crippen LogP contribution in [-0.4, -0.2) is 10.1 Å². The Kier molecular flexibility index (Phi) is 3.11. The Bertz CT molecular complexity index is 280. The van der Waals surface area contributed by atoms with Crippen LogP contribution in [0.4, 0.5) is 8.78 Å². The highest BCUT2D eigenvalue weighted by molar-refractivity contribution is 9.10. The van der Waals surface area contributed by atoms with E-state index in [9.17, 15) is 8.78 Å². The van der Waals surface area contributed by atoms with Gasteiger partial charge >= 0.3 is 0 Å². The number of hydrogen-bond donors (Lipinski definition) is 1. The van der Waals surface area contributed by atoms with Crippen LogP contribution in [0.2, 0.25) is 0 Å². The SMILES string of the molecule is OCc1cc(Br)nc(C(F)F)c1. The molecule has 1 aromatic rings. The van der Waals surface area contributed by atoms with Gasteiger partial charge in [0.1, 0.15) is 10.3 Å². The van der Waals surface area contributed by atoms with Crippen molar-refractivity contribution in [3.8, 4) is 0 Å². The normalized spacial score (nSPS) is 10.8. The van der Waals surface area contributed by atoms with Gasteiger partial charge in [0.25, 0.3) is 6.43 Å². The molecule has 0 aliphatic heterocycles. The van der Waals surface area contributed by atoms with Crippen LogP contribution in [-0.2, 0) is 6.61 Å². The average molecular weight is 238 g/mol. The van der Waals surface area contributed by atoms with Crippen molar-refractivity contribution < 1.29 is 13.9 Å². The average Bonchev–Trinajstić information content (AvgIpc) is 2.03. The number of alkyl halides is 2. The molecule has 0 saturated carbocycles. The van der Waals surface area contributed by atoms with Gasteiger partial charge in [0.2, 0.25) is 0 Å². The van der Waals surface area contributed by atoms with Gasteiger partial charge in [-0.2, -0.15) is 0 Å². The summed E-state index contributed by atoms with van der Waals surface area (Å²) >= 11 is 2.97. The number of aliphatic hydroxyl groups is 1. The first-order valence-electron chi connectivity index (χ1n) is 3.19. The number of aromatic nitrogens is 1. The predicted octanol–water partition coefficient (Wildman–Crippen LogP) is 2.27. The van der Waals surface area contributed by atoms with Crippen LogP contribution < -0.4 is 0 Å². The van der Waals surface area contributed by atoms with E-state index in [4.69, 9.17) is 5.11 Å². The highest BCUT2D eigenvalue weighted by atomic mass is 79.9. The lowest BCUT2D eigenvalue weighted by Gasteiger charge is -2.02. The molecule has 0 fully saturated rings. The van der Waals surface area contributed by atoms with Gasteiger partial charge in [-0.05, 0) is 33.6 Å². The van der Waals surface area contributed by atoms with Crippen molar-refractivity contribution in [2.24, 2.45) is 0 Å². The Morgan fingerprint density at radius 3 is 2.67 bits per heavy atom. The summed E-state index contributed by atoms with van der Waals surface area (Å²) in [6.07, 6.45) is -2.60. The van der Waals surface area contributed by atoms with Crippen LogP contribution in [0.3, 0.4) is 0 Å². The molecular weight excluding hydrogens is 232 g/mol. The van der Waals surface area contributed by atoms with Gasteiger partial charge < -0.3 is 5.11 Å². The van der Waals surface area contributed by atoms with Gasteiger partial charge in [-0.25, -0.2) is 13.8 Å². The zero-order chi connectivity index (χ0) is 9.14. The number of halogens is 3. The van der Waals surface area contributed by atoms with Gasteiger partial charge in [0.05, 0.1) is 6.61 Å². The van der Waals surface area contributed by atoms with Crippen molar-refractivity contribution in [2.45, 2.75) is 13.0 Å². The van der Waals surface area contributed by atoms with Crippen molar-refractivity contribution in [2.75, 3.05) is 0 Å². The summed E-state index contributed by atoms with van der Waals surface area (Å²) in [5.41, 5.74) is 0.0978. The third kappa shape index (κ3) is 2.22. The van der Waals surface area contributed by atoms with Crippen molar-refractivity contribution in [1.82, 2.24) is 4.98 Å². The first-order chi connectivity index (χ1) is 5.63. The minimum atomic E-state index is -2.60. The summed E-state index contributed by atoms with van der Waals surface area (Å²) in [4.78, 5) is 3.54. The quantitative estimate of drug-likeness (QED) is 0.801. The molecule has 66 valence electrons. The van der Waals surface area contributed by atoms with E-state index in [2.05, 4.69) is 20.9 Å². The molecular formula is C7H6BrF2NO. The molecule has 1 N–H and O–H groups in total. The standard InChI is InChI=1S/C7H6BrF2NO/c8-6-2-4(3-12)1-5(11-6)7(9)10/h1-2,7,12H,3H2. The zero-order valence-corrected chi connectivity index (χ0v) is 7.55. The Balaban J connectivity index is 3.06. The molecule has 5 heteroatoms. The third-order valence-electron chi connectivity index (χ3n) is 1.28. The lowest BCUT2D eigenvalue weighted by molar-refractivity contribution is 0.145. The largest absolute Gasteiger partial charge is 0.392 e. The molecule has 12 heavy (non-hydrogen) atoms. The Labute approximate surface area is 76.4 Å². The fourth-order valence-electron chi connectivity index (χ4n) is 0.776. The fraction of sp³-hybridized carbons (Fsp3) is 0.286. The molecule has 0 aliphatic rings. The van der Waals surface area contributed by atoms with E-state index in [1.165, 1.54) is 12.1 Å². The zero-order valence-electron chi connectivity index (χ0n) is 5.97. The highest BCUT2D eigenvalue weighted by Crippen LogP contribution is 2.20. The first kappa shape index (κ1) is 9.54. The van der Waals surface area contributed by atoms with Gasteiger partial charge in [0.15, 0.2) is 0 Å². The van der Waals surface area contributed by atoms with Gasteiger partial charge in [-0.15, -0.1) is 0 Å². The molecule has 0 atom stereocenters. The second-order valence-electron chi connectivity index (χ2n) is 2.18. The molecule has 0 amide bonds. The van der Waals surface area contributed by atoms with E-state index in [1.54, 1.807) is 0 Å². The van der Waals surface area contributed by atoms with Crippen molar-refractivity contribution in [3.63, 3.8) is 0 Å². The maximum Gasteiger partial charge on any atom is 0.280 e. The van der Waals surface area contributed by atoms with E-state index in [0.29, 0.717) is 10.2 Å². The minimum absolute atomic E-state index is 0.263. The minimum Gasteiger partial charge on any atom is -0.392 e. The molecule has 0 bridgehead atoms. The van der Waals surface area contributed by atoms with Gasteiger partial charge in [-0.3, -0.25) is 0 Å². The summed E-state index contributed by atoms with van der Waals surface area (Å²) in [5.74, 6) is 0. The van der Waals surface area contributed by atoms with Crippen molar-refractivity contribution in [3.05, 3.63) is 28.0 Å². The third-order valence-corrected chi connectivity index (χ3v) is 1.69. The lowest BCUT2D eigenvalue weighted by Crippen LogP contribution is -1.94. The lowest BCUT2D eigenvalue weighted by atomic mass is 10.2. The summed E-state index contributed by atoms with van der Waals surface area (Å²) < 4.78 is 24.5. The number of hydrogen-bond acceptors (Lipinski definition) is 2. The van der Waals surface area contributed by atoms with Gasteiger partial charge in [-0.1, -0.05) is 0 Å². The topological polar surface area (TPSA) is 33.1 Å². The van der Waals surface area contributed by atoms with Crippen LogP contribution >= 0.6 is 15.9 Å². The Hall–Kier alpha value is -0.550. The molecule has 2 nitrogen and oxygen atoms in total. The first-order valence-corrected chi connectivity index (χ1v) is 3.98. The Morgan fingerprint density at radius 2 is 2.17 bits per heavy atom. The molecule has 0 aliphatic carbocycles. The maximum absolute atomic E-state index is 12.1. The van der Waals surface area contributed by atoms with Crippen LogP contribution in [0.5, 0.6) is 0 Å². The second-order valence-corrected chi connectivity index (χ2v) is 2.99. The number of pyridine rings is 1. The Morgan fingerprint density at radius 1 is 1.50 bits per heavy atom. The van der Waals surface area contributed by atoms with E-state index in [-0.39, 0.29) is 12.3 Å². The highest BCUT2D eigenvalue weighted by Gasteiger charge is 2.10. The van der Waals surface area contributed by atoms with Crippen LogP contribution in [0, 0.1) is 0 Å². The second kappa shape index (κ2) is 3.91. The van der Waals surface area contributed by atoms with Crippen molar-refractivity contribution >= 4 is 15.9 Å². The predicted molar refractivity (Wildman–Crippen MR) is 42.8 cm³/mol. The van der Waals surface area contributed by atoms with E-state index >= 15 is 0 Å². The molecule has 0 aromatic carbocycles. The van der Waals surface area contributed by atoms with E-state index in [0.717, 1.165) is 0 Å². The van der Waals surface area contributed by atoms with Crippen molar-refractivity contribution in [1.29, 1.82) is 0 Å². The molecule has 1 heterocycles. The molecule has 0 unspecified atom stereocenters. The van der Waals surface area contributed by atoms with Crippen LogP contribution in [0.1, 0.15) is 17.7 Å². The van der Waals surface area contributed by atoms with Crippen LogP contribution in [0.25, 0.3) is 0 Å². The monoisotopic (exact) mass is 237 g/mol. The fourth-order valence-corrected chi connectivity index (χ4v) is 1.27. The number of rotatable bonds is 2. The maximum atomic E-state index is 12.1.